The Morgan fingerprint density at radius 2 is 1.92 bits per heavy atom. The Kier molecular flexibility index (Phi) is 5.73. The fraction of sp³-hybridized carbons (Fsp3) is 0.850. The minimum atomic E-state index is 0.456. The van der Waals surface area contributed by atoms with Crippen molar-refractivity contribution < 1.29 is 9.47 Å². The van der Waals surface area contributed by atoms with Gasteiger partial charge in [0.15, 0.2) is 0 Å². The number of ether oxygens (including phenoxy) is 2. The quantitative estimate of drug-likeness (QED) is 0.793. The van der Waals surface area contributed by atoms with Crippen molar-refractivity contribution in [2.75, 3.05) is 39.5 Å². The molecule has 1 atom stereocenters. The molecule has 0 radical (unpaired) electrons. The molecule has 2 fully saturated rings. The van der Waals surface area contributed by atoms with Crippen molar-refractivity contribution >= 4 is 0 Å². The zero-order chi connectivity index (χ0) is 17.1. The summed E-state index contributed by atoms with van der Waals surface area (Å²) in [5.74, 6) is 2.03. The molecule has 0 unspecified atom stereocenters. The first-order valence-corrected chi connectivity index (χ1v) is 10.2. The zero-order valence-electron chi connectivity index (χ0n) is 15.7. The molecule has 5 heteroatoms. The highest BCUT2D eigenvalue weighted by molar-refractivity contribution is 5.21. The molecule has 3 heterocycles. The fourth-order valence-electron chi connectivity index (χ4n) is 4.93. The van der Waals surface area contributed by atoms with Crippen LogP contribution in [0.4, 0.5) is 0 Å². The Balaban J connectivity index is 1.35. The van der Waals surface area contributed by atoms with Crippen molar-refractivity contribution in [1.29, 1.82) is 0 Å². The molecule has 0 N–H and O–H groups in total. The lowest BCUT2D eigenvalue weighted by Crippen LogP contribution is -2.39. The van der Waals surface area contributed by atoms with Crippen LogP contribution in [0.15, 0.2) is 6.33 Å². The van der Waals surface area contributed by atoms with E-state index in [1.807, 2.05) is 6.33 Å². The van der Waals surface area contributed by atoms with E-state index in [1.54, 1.807) is 0 Å². The van der Waals surface area contributed by atoms with Crippen molar-refractivity contribution in [3.8, 4) is 0 Å². The largest absolute Gasteiger partial charge is 0.381 e. The number of aryl methyl sites for hydroxylation is 1. The predicted octanol–water partition coefficient (Wildman–Crippen LogP) is 2.95. The lowest BCUT2D eigenvalue weighted by molar-refractivity contribution is 0.0125. The maximum absolute atomic E-state index is 6.19. The molecule has 1 aliphatic carbocycles. The Labute approximate surface area is 151 Å². The van der Waals surface area contributed by atoms with Crippen molar-refractivity contribution in [3.63, 3.8) is 0 Å². The van der Waals surface area contributed by atoms with Crippen molar-refractivity contribution in [3.05, 3.63) is 17.7 Å². The summed E-state index contributed by atoms with van der Waals surface area (Å²) in [6.07, 6.45) is 9.95. The van der Waals surface area contributed by atoms with Crippen molar-refractivity contribution in [2.24, 2.45) is 18.9 Å². The monoisotopic (exact) mass is 347 g/mol. The molecule has 4 rings (SSSR count). The topological polar surface area (TPSA) is 39.5 Å². The van der Waals surface area contributed by atoms with E-state index in [2.05, 4.69) is 21.5 Å². The molecule has 0 aromatic carbocycles. The van der Waals surface area contributed by atoms with Gasteiger partial charge in [0.25, 0.3) is 0 Å². The molecule has 5 nitrogen and oxygen atoms in total. The van der Waals surface area contributed by atoms with Crippen LogP contribution in [0.2, 0.25) is 0 Å². The second kappa shape index (κ2) is 8.19. The van der Waals surface area contributed by atoms with Gasteiger partial charge in [-0.3, -0.25) is 4.90 Å². The molecule has 1 saturated heterocycles. The molecule has 0 amide bonds. The standard InChI is InChI=1S/C20H33N3O2/c1-22-15-21-19-12-23(10-16-4-2-3-5-16)11-18(20(19)22)14-25-13-17-6-8-24-9-7-17/h15-18H,2-14H2,1H3/t18-/m1/s1. The SMILES string of the molecule is Cn1cnc2c1[C@@H](COCC1CCOCC1)CN(CC1CCCC1)C2. The van der Waals surface area contributed by atoms with E-state index in [9.17, 15) is 0 Å². The predicted molar refractivity (Wildman–Crippen MR) is 97.5 cm³/mol. The lowest BCUT2D eigenvalue weighted by atomic mass is 9.97. The van der Waals surface area contributed by atoms with Gasteiger partial charge in [-0.2, -0.15) is 0 Å². The first kappa shape index (κ1) is 17.5. The van der Waals surface area contributed by atoms with Crippen LogP contribution in [-0.4, -0.2) is 54.0 Å². The summed E-state index contributed by atoms with van der Waals surface area (Å²) in [7, 11) is 2.13. The Morgan fingerprint density at radius 1 is 1.12 bits per heavy atom. The number of nitrogens with zero attached hydrogens (tertiary/aromatic N) is 3. The van der Waals surface area contributed by atoms with E-state index in [0.29, 0.717) is 11.8 Å². The third kappa shape index (κ3) is 4.26. The number of aromatic nitrogens is 2. The molecule has 25 heavy (non-hydrogen) atoms. The van der Waals surface area contributed by atoms with Crippen LogP contribution in [-0.2, 0) is 23.1 Å². The van der Waals surface area contributed by atoms with Gasteiger partial charge < -0.3 is 14.0 Å². The molecule has 2 aliphatic heterocycles. The maximum atomic E-state index is 6.19. The van der Waals surface area contributed by atoms with E-state index in [-0.39, 0.29) is 0 Å². The second-order valence-corrected chi connectivity index (χ2v) is 8.32. The number of rotatable bonds is 6. The summed E-state index contributed by atoms with van der Waals surface area (Å²) in [6.45, 7) is 6.89. The van der Waals surface area contributed by atoms with Gasteiger partial charge in [-0.25, -0.2) is 4.98 Å². The summed E-state index contributed by atoms with van der Waals surface area (Å²) in [5.41, 5.74) is 2.67. The molecule has 3 aliphatic rings. The second-order valence-electron chi connectivity index (χ2n) is 8.32. The first-order chi connectivity index (χ1) is 12.3. The minimum Gasteiger partial charge on any atom is -0.381 e. The summed E-state index contributed by atoms with van der Waals surface area (Å²) in [6, 6.07) is 0. The summed E-state index contributed by atoms with van der Waals surface area (Å²) in [5, 5.41) is 0. The highest BCUT2D eigenvalue weighted by atomic mass is 16.5. The molecular weight excluding hydrogens is 314 g/mol. The normalized spacial score (nSPS) is 26.2. The van der Waals surface area contributed by atoms with Gasteiger partial charge >= 0.3 is 0 Å². The number of hydrogen-bond acceptors (Lipinski definition) is 4. The van der Waals surface area contributed by atoms with Gasteiger partial charge in [0.2, 0.25) is 0 Å². The van der Waals surface area contributed by atoms with Gasteiger partial charge in [-0.15, -0.1) is 0 Å². The van der Waals surface area contributed by atoms with Gasteiger partial charge in [0, 0.05) is 58.1 Å². The van der Waals surface area contributed by atoms with E-state index in [0.717, 1.165) is 58.3 Å². The highest BCUT2D eigenvalue weighted by Gasteiger charge is 2.31. The molecule has 0 spiro atoms. The van der Waals surface area contributed by atoms with Gasteiger partial charge in [0.05, 0.1) is 18.6 Å². The van der Waals surface area contributed by atoms with Crippen molar-refractivity contribution in [2.45, 2.75) is 51.0 Å². The Hall–Kier alpha value is -0.910. The van der Waals surface area contributed by atoms with Gasteiger partial charge in [0.1, 0.15) is 0 Å². The summed E-state index contributed by atoms with van der Waals surface area (Å²) < 4.78 is 13.9. The van der Waals surface area contributed by atoms with Crippen molar-refractivity contribution in [1.82, 2.24) is 14.5 Å². The summed E-state index contributed by atoms with van der Waals surface area (Å²) in [4.78, 5) is 7.31. The molecule has 1 saturated carbocycles. The van der Waals surface area contributed by atoms with Crippen LogP contribution in [0, 0.1) is 11.8 Å². The van der Waals surface area contributed by atoms with E-state index in [4.69, 9.17) is 9.47 Å². The van der Waals surface area contributed by atoms with Crippen LogP contribution in [0.5, 0.6) is 0 Å². The van der Waals surface area contributed by atoms with E-state index in [1.165, 1.54) is 43.6 Å². The smallest absolute Gasteiger partial charge is 0.0949 e. The van der Waals surface area contributed by atoms with Crippen LogP contribution in [0.1, 0.15) is 55.8 Å². The molecule has 0 bridgehead atoms. The maximum Gasteiger partial charge on any atom is 0.0949 e. The number of fused-ring (bicyclic) bond motifs is 1. The van der Waals surface area contributed by atoms with E-state index >= 15 is 0 Å². The molecule has 1 aromatic heterocycles. The Morgan fingerprint density at radius 3 is 2.72 bits per heavy atom. The average Bonchev–Trinajstić information content (AvgIpc) is 3.26. The van der Waals surface area contributed by atoms with Crippen LogP contribution in [0.3, 0.4) is 0 Å². The number of imidazole rings is 1. The average molecular weight is 348 g/mol. The molecular formula is C20H33N3O2. The zero-order valence-corrected chi connectivity index (χ0v) is 15.7. The fourth-order valence-corrected chi connectivity index (χ4v) is 4.93. The minimum absolute atomic E-state index is 0.456. The van der Waals surface area contributed by atoms with E-state index < -0.39 is 0 Å². The Bertz CT molecular complexity index is 547. The number of hydrogen-bond donors (Lipinski definition) is 0. The third-order valence-electron chi connectivity index (χ3n) is 6.31. The highest BCUT2D eigenvalue weighted by Crippen LogP contribution is 2.31. The van der Waals surface area contributed by atoms with Crippen LogP contribution >= 0.6 is 0 Å². The lowest BCUT2D eigenvalue weighted by Gasteiger charge is -2.34. The van der Waals surface area contributed by atoms with Crippen LogP contribution < -0.4 is 0 Å². The van der Waals surface area contributed by atoms with Crippen LogP contribution in [0.25, 0.3) is 0 Å². The van der Waals surface area contributed by atoms with Gasteiger partial charge in [-0.1, -0.05) is 12.8 Å². The first-order valence-electron chi connectivity index (χ1n) is 10.2. The molecule has 1 aromatic rings. The third-order valence-corrected chi connectivity index (χ3v) is 6.31. The summed E-state index contributed by atoms with van der Waals surface area (Å²) >= 11 is 0. The molecule has 140 valence electrons. The van der Waals surface area contributed by atoms with Gasteiger partial charge in [-0.05, 0) is 37.5 Å².